The minimum atomic E-state index is -0.797. The summed E-state index contributed by atoms with van der Waals surface area (Å²) in [5, 5.41) is 9.55. The van der Waals surface area contributed by atoms with Gasteiger partial charge in [-0.2, -0.15) is 5.10 Å². The van der Waals surface area contributed by atoms with E-state index in [4.69, 9.17) is 4.74 Å². The van der Waals surface area contributed by atoms with Crippen molar-refractivity contribution in [2.24, 2.45) is 0 Å². The van der Waals surface area contributed by atoms with Crippen LogP contribution in [0.1, 0.15) is 38.1 Å². The molecule has 3 heterocycles. The molecule has 1 atom stereocenters. The van der Waals surface area contributed by atoms with Crippen LogP contribution in [0.25, 0.3) is 0 Å². The standard InChI is InChI=1S/C16H19N5O3/c1-16(2,3)24-15(23)21-9-12-11(8-18-20-12)13(21)14(22)19-10-5-4-6-17-7-10/h4-8,13H,9H2,1-3H3,(H,18,20)(H,19,22). The second kappa shape index (κ2) is 5.95. The van der Waals surface area contributed by atoms with E-state index < -0.39 is 17.7 Å². The third kappa shape index (κ3) is 3.22. The number of amides is 2. The molecule has 1 aliphatic rings. The lowest BCUT2D eigenvalue weighted by atomic mass is 10.1. The number of nitrogens with zero attached hydrogens (tertiary/aromatic N) is 3. The van der Waals surface area contributed by atoms with Crippen LogP contribution in [0.5, 0.6) is 0 Å². The van der Waals surface area contributed by atoms with Crippen molar-refractivity contribution >= 4 is 17.7 Å². The molecule has 0 saturated heterocycles. The molecular formula is C16H19N5O3. The predicted molar refractivity (Wildman–Crippen MR) is 86.0 cm³/mol. The van der Waals surface area contributed by atoms with Crippen molar-refractivity contribution in [3.05, 3.63) is 42.0 Å². The second-order valence-corrected chi connectivity index (χ2v) is 6.55. The Hall–Kier alpha value is -2.90. The summed E-state index contributed by atoms with van der Waals surface area (Å²) in [4.78, 5) is 30.5. The highest BCUT2D eigenvalue weighted by Gasteiger charge is 2.41. The number of carbonyl (C=O) groups is 2. The quantitative estimate of drug-likeness (QED) is 0.880. The van der Waals surface area contributed by atoms with Gasteiger partial charge in [0.15, 0.2) is 0 Å². The third-order valence-corrected chi connectivity index (χ3v) is 3.49. The van der Waals surface area contributed by atoms with Gasteiger partial charge in [0.1, 0.15) is 11.6 Å². The maximum Gasteiger partial charge on any atom is 0.411 e. The van der Waals surface area contributed by atoms with Gasteiger partial charge in [-0.3, -0.25) is 19.8 Å². The molecule has 0 fully saturated rings. The number of nitrogens with one attached hydrogen (secondary N) is 2. The first kappa shape index (κ1) is 16.0. The molecule has 2 N–H and O–H groups in total. The molecule has 8 heteroatoms. The summed E-state index contributed by atoms with van der Waals surface area (Å²) in [5.74, 6) is -0.339. The lowest BCUT2D eigenvalue weighted by Gasteiger charge is -2.28. The molecule has 24 heavy (non-hydrogen) atoms. The van der Waals surface area contributed by atoms with E-state index in [1.165, 1.54) is 4.90 Å². The van der Waals surface area contributed by atoms with Gasteiger partial charge in [0.2, 0.25) is 0 Å². The third-order valence-electron chi connectivity index (χ3n) is 3.49. The molecule has 126 valence electrons. The molecule has 2 aromatic rings. The first-order valence-electron chi connectivity index (χ1n) is 7.58. The Balaban J connectivity index is 1.83. The van der Waals surface area contributed by atoms with Gasteiger partial charge in [0.25, 0.3) is 5.91 Å². The largest absolute Gasteiger partial charge is 0.444 e. The molecule has 0 aliphatic carbocycles. The topological polar surface area (TPSA) is 100 Å². The normalized spacial score (nSPS) is 16.6. The minimum Gasteiger partial charge on any atom is -0.444 e. The van der Waals surface area contributed by atoms with E-state index >= 15 is 0 Å². The van der Waals surface area contributed by atoms with Gasteiger partial charge >= 0.3 is 6.09 Å². The predicted octanol–water partition coefficient (Wildman–Crippen LogP) is 2.24. The Labute approximate surface area is 139 Å². The van der Waals surface area contributed by atoms with Crippen LogP contribution in [-0.2, 0) is 16.1 Å². The molecule has 0 radical (unpaired) electrons. The number of rotatable bonds is 2. The molecule has 0 spiro atoms. The average molecular weight is 329 g/mol. The zero-order valence-corrected chi connectivity index (χ0v) is 13.7. The maximum atomic E-state index is 12.7. The number of fused-ring (bicyclic) bond motifs is 1. The summed E-state index contributed by atoms with van der Waals surface area (Å²) in [7, 11) is 0. The second-order valence-electron chi connectivity index (χ2n) is 6.55. The monoisotopic (exact) mass is 329 g/mol. The molecule has 1 unspecified atom stereocenters. The summed E-state index contributed by atoms with van der Waals surface area (Å²) in [6.45, 7) is 5.60. The van der Waals surface area contributed by atoms with Crippen molar-refractivity contribution in [1.29, 1.82) is 0 Å². The number of ether oxygens (including phenoxy) is 1. The van der Waals surface area contributed by atoms with Gasteiger partial charge in [-0.1, -0.05) is 0 Å². The van der Waals surface area contributed by atoms with Gasteiger partial charge in [0.05, 0.1) is 30.3 Å². The number of anilines is 1. The molecule has 0 saturated carbocycles. The maximum absolute atomic E-state index is 12.7. The summed E-state index contributed by atoms with van der Waals surface area (Å²) in [5.41, 5.74) is 1.31. The fourth-order valence-electron chi connectivity index (χ4n) is 2.53. The van der Waals surface area contributed by atoms with Crippen LogP contribution < -0.4 is 5.32 Å². The highest BCUT2D eigenvalue weighted by Crippen LogP contribution is 2.34. The van der Waals surface area contributed by atoms with Crippen molar-refractivity contribution < 1.29 is 14.3 Å². The molecule has 8 nitrogen and oxygen atoms in total. The van der Waals surface area contributed by atoms with Crippen LogP contribution in [0.15, 0.2) is 30.7 Å². The lowest BCUT2D eigenvalue weighted by Crippen LogP contribution is -2.40. The fraction of sp³-hybridized carbons (Fsp3) is 0.375. The summed E-state index contributed by atoms with van der Waals surface area (Å²) in [6.07, 6.45) is 4.18. The SMILES string of the molecule is CC(C)(C)OC(=O)N1Cc2[nH]ncc2C1C(=O)Nc1cccnc1. The zero-order valence-electron chi connectivity index (χ0n) is 13.7. The number of H-pyrrole nitrogens is 1. The lowest BCUT2D eigenvalue weighted by molar-refractivity contribution is -0.121. The number of hydrogen-bond acceptors (Lipinski definition) is 5. The first-order valence-corrected chi connectivity index (χ1v) is 7.58. The van der Waals surface area contributed by atoms with E-state index in [0.29, 0.717) is 11.3 Å². The zero-order chi connectivity index (χ0) is 17.3. The van der Waals surface area contributed by atoms with E-state index in [0.717, 1.165) is 5.69 Å². The van der Waals surface area contributed by atoms with Crippen LogP contribution in [-0.4, -0.2) is 37.7 Å². The van der Waals surface area contributed by atoms with Gasteiger partial charge in [-0.15, -0.1) is 0 Å². The van der Waals surface area contributed by atoms with Gasteiger partial charge in [-0.05, 0) is 32.9 Å². The van der Waals surface area contributed by atoms with Gasteiger partial charge in [0, 0.05) is 11.8 Å². The summed E-state index contributed by atoms with van der Waals surface area (Å²) in [6, 6.07) is 2.65. The van der Waals surface area contributed by atoms with Gasteiger partial charge < -0.3 is 10.1 Å². The molecule has 2 aromatic heterocycles. The van der Waals surface area contributed by atoms with Crippen molar-refractivity contribution in [3.63, 3.8) is 0 Å². The number of aromatic amines is 1. The first-order chi connectivity index (χ1) is 11.3. The molecule has 1 aliphatic heterocycles. The minimum absolute atomic E-state index is 0.245. The van der Waals surface area contributed by atoms with Crippen LogP contribution in [0.4, 0.5) is 10.5 Å². The van der Waals surface area contributed by atoms with Crippen LogP contribution in [0.2, 0.25) is 0 Å². The van der Waals surface area contributed by atoms with E-state index in [-0.39, 0.29) is 12.5 Å². The Morgan fingerprint density at radius 3 is 2.83 bits per heavy atom. The summed E-state index contributed by atoms with van der Waals surface area (Å²) < 4.78 is 5.41. The Kier molecular flexibility index (Phi) is 3.96. The Morgan fingerprint density at radius 1 is 1.38 bits per heavy atom. The van der Waals surface area contributed by atoms with E-state index in [1.807, 2.05) is 0 Å². The fourth-order valence-corrected chi connectivity index (χ4v) is 2.53. The van der Waals surface area contributed by atoms with Gasteiger partial charge in [-0.25, -0.2) is 4.79 Å². The highest BCUT2D eigenvalue weighted by atomic mass is 16.6. The smallest absolute Gasteiger partial charge is 0.411 e. The molecular weight excluding hydrogens is 310 g/mol. The van der Waals surface area contributed by atoms with Crippen LogP contribution in [0, 0.1) is 0 Å². The van der Waals surface area contributed by atoms with Crippen LogP contribution in [0.3, 0.4) is 0 Å². The van der Waals surface area contributed by atoms with Crippen molar-refractivity contribution in [2.45, 2.75) is 39.0 Å². The Bertz CT molecular complexity index is 751. The van der Waals surface area contributed by atoms with Crippen molar-refractivity contribution in [1.82, 2.24) is 20.1 Å². The molecule has 3 rings (SSSR count). The van der Waals surface area contributed by atoms with Crippen molar-refractivity contribution in [3.8, 4) is 0 Å². The number of pyridine rings is 1. The highest BCUT2D eigenvalue weighted by molar-refractivity contribution is 5.97. The van der Waals surface area contributed by atoms with Crippen molar-refractivity contribution in [2.75, 3.05) is 5.32 Å². The molecule has 0 aromatic carbocycles. The molecule has 0 bridgehead atoms. The molecule has 2 amide bonds. The summed E-state index contributed by atoms with van der Waals surface area (Å²) >= 11 is 0. The Morgan fingerprint density at radius 2 is 2.17 bits per heavy atom. The average Bonchev–Trinajstić information content (AvgIpc) is 3.06. The van der Waals surface area contributed by atoms with E-state index in [1.54, 1.807) is 51.5 Å². The number of hydrogen-bond donors (Lipinski definition) is 2. The number of carbonyl (C=O) groups excluding carboxylic acids is 2. The van der Waals surface area contributed by atoms with E-state index in [9.17, 15) is 9.59 Å². The number of aromatic nitrogens is 3. The van der Waals surface area contributed by atoms with Crippen LogP contribution >= 0.6 is 0 Å². The van der Waals surface area contributed by atoms with E-state index in [2.05, 4.69) is 20.5 Å².